The second-order valence-electron chi connectivity index (χ2n) is 4.30. The van der Waals surface area contributed by atoms with Crippen molar-refractivity contribution >= 4 is 11.6 Å². The van der Waals surface area contributed by atoms with Crippen LogP contribution in [0, 0.1) is 18.3 Å². The van der Waals surface area contributed by atoms with Crippen LogP contribution in [-0.2, 0) is 6.42 Å². The van der Waals surface area contributed by atoms with E-state index in [1.165, 1.54) is 0 Å². The average Bonchev–Trinajstić information content (AvgIpc) is 2.41. The lowest BCUT2D eigenvalue weighted by Crippen LogP contribution is -1.89. The van der Waals surface area contributed by atoms with E-state index in [-0.39, 0.29) is 0 Å². The smallest absolute Gasteiger partial charge is 0.127 e. The highest BCUT2D eigenvalue weighted by Crippen LogP contribution is 2.27. The summed E-state index contributed by atoms with van der Waals surface area (Å²) in [6.45, 7) is 3.95. The van der Waals surface area contributed by atoms with Gasteiger partial charge in [-0.15, -0.1) is 0 Å². The van der Waals surface area contributed by atoms with Crippen molar-refractivity contribution in [1.82, 2.24) is 0 Å². The number of hydrogen-bond acceptors (Lipinski definition) is 2. The zero-order valence-corrected chi connectivity index (χ0v) is 11.7. The number of hydrogen-bond donors (Lipinski definition) is 0. The maximum atomic E-state index is 8.89. The Kier molecular flexibility index (Phi) is 4.09. The largest absolute Gasteiger partial charge is 0.457 e. The summed E-state index contributed by atoms with van der Waals surface area (Å²) in [5.41, 5.74) is 2.63. The van der Waals surface area contributed by atoms with E-state index in [1.807, 2.05) is 31.2 Å². The Morgan fingerprint density at radius 3 is 2.47 bits per heavy atom. The molecule has 0 atom stereocenters. The van der Waals surface area contributed by atoms with Crippen molar-refractivity contribution in [2.45, 2.75) is 20.3 Å². The summed E-state index contributed by atoms with van der Waals surface area (Å²) < 4.78 is 5.79. The second kappa shape index (κ2) is 5.77. The molecular weight excluding hydrogens is 258 g/mol. The molecule has 0 spiro atoms. The first-order valence-corrected chi connectivity index (χ1v) is 6.49. The second-order valence-corrected chi connectivity index (χ2v) is 4.70. The number of benzene rings is 2. The summed E-state index contributed by atoms with van der Waals surface area (Å²) in [6.07, 6.45) is 0.864. The van der Waals surface area contributed by atoms with Crippen molar-refractivity contribution in [1.29, 1.82) is 5.26 Å². The minimum absolute atomic E-state index is 0.665. The molecule has 2 rings (SSSR count). The summed E-state index contributed by atoms with van der Waals surface area (Å²) in [6, 6.07) is 13.2. The van der Waals surface area contributed by atoms with E-state index < -0.39 is 0 Å². The van der Waals surface area contributed by atoms with Gasteiger partial charge in [-0.3, -0.25) is 0 Å². The highest BCUT2D eigenvalue weighted by Gasteiger charge is 2.04. The molecule has 2 aromatic carbocycles. The molecule has 0 aliphatic heterocycles. The molecule has 0 aliphatic rings. The van der Waals surface area contributed by atoms with Crippen LogP contribution < -0.4 is 4.74 Å². The van der Waals surface area contributed by atoms with Crippen LogP contribution in [0.2, 0.25) is 5.02 Å². The molecule has 0 aromatic heterocycles. The molecule has 0 N–H and O–H groups in total. The first-order valence-electron chi connectivity index (χ1n) is 6.11. The van der Waals surface area contributed by atoms with Gasteiger partial charge in [0.1, 0.15) is 11.5 Å². The van der Waals surface area contributed by atoms with Gasteiger partial charge < -0.3 is 4.74 Å². The maximum Gasteiger partial charge on any atom is 0.127 e. The Labute approximate surface area is 118 Å². The van der Waals surface area contributed by atoms with Gasteiger partial charge in [-0.25, -0.2) is 0 Å². The molecule has 0 saturated heterocycles. The Balaban J connectivity index is 2.26. The third kappa shape index (κ3) is 3.07. The fraction of sp³-hybridized carbons (Fsp3) is 0.188. The first-order chi connectivity index (χ1) is 9.13. The van der Waals surface area contributed by atoms with Crippen LogP contribution >= 0.6 is 11.6 Å². The number of nitrogens with zero attached hydrogens (tertiary/aromatic N) is 1. The van der Waals surface area contributed by atoms with Gasteiger partial charge >= 0.3 is 0 Å². The summed E-state index contributed by atoms with van der Waals surface area (Å²) in [4.78, 5) is 0. The van der Waals surface area contributed by atoms with Crippen LogP contribution in [-0.4, -0.2) is 0 Å². The quantitative estimate of drug-likeness (QED) is 0.797. The molecule has 0 saturated carbocycles. The zero-order chi connectivity index (χ0) is 13.8. The predicted octanol–water partition coefficient (Wildman–Crippen LogP) is 4.87. The van der Waals surface area contributed by atoms with Crippen LogP contribution in [0.5, 0.6) is 11.5 Å². The van der Waals surface area contributed by atoms with Crippen molar-refractivity contribution in [2.24, 2.45) is 0 Å². The molecule has 2 nitrogen and oxygen atoms in total. The Morgan fingerprint density at radius 2 is 1.84 bits per heavy atom. The van der Waals surface area contributed by atoms with Gasteiger partial charge in [0.15, 0.2) is 0 Å². The van der Waals surface area contributed by atoms with E-state index in [0.29, 0.717) is 5.56 Å². The molecular formula is C16H14ClNO. The van der Waals surface area contributed by atoms with Crippen LogP contribution in [0.15, 0.2) is 36.4 Å². The van der Waals surface area contributed by atoms with Crippen molar-refractivity contribution in [2.75, 3.05) is 0 Å². The average molecular weight is 272 g/mol. The Bertz CT molecular complexity index is 635. The molecule has 19 heavy (non-hydrogen) atoms. The lowest BCUT2D eigenvalue weighted by molar-refractivity contribution is 0.481. The molecule has 96 valence electrons. The molecule has 0 radical (unpaired) electrons. The standard InChI is InChI=1S/C16H14ClNO/c1-3-12-9-15(6-7-16(12)17)19-14-5-4-13(10-18)11(2)8-14/h4-9H,3H2,1-2H3. The van der Waals surface area contributed by atoms with Gasteiger partial charge in [-0.05, 0) is 60.9 Å². The summed E-state index contributed by atoms with van der Waals surface area (Å²) in [5.74, 6) is 1.48. The highest BCUT2D eigenvalue weighted by molar-refractivity contribution is 6.31. The molecule has 2 aromatic rings. The van der Waals surface area contributed by atoms with Gasteiger partial charge in [-0.1, -0.05) is 18.5 Å². The third-order valence-corrected chi connectivity index (χ3v) is 3.32. The van der Waals surface area contributed by atoms with Crippen molar-refractivity contribution in [3.05, 3.63) is 58.1 Å². The molecule has 0 unspecified atom stereocenters. The van der Waals surface area contributed by atoms with E-state index in [2.05, 4.69) is 13.0 Å². The van der Waals surface area contributed by atoms with Gasteiger partial charge in [0, 0.05) is 5.02 Å². The molecule has 0 amide bonds. The lowest BCUT2D eigenvalue weighted by atomic mass is 10.1. The number of halogens is 1. The number of nitriles is 1. The van der Waals surface area contributed by atoms with Crippen molar-refractivity contribution in [3.8, 4) is 17.6 Å². The first kappa shape index (κ1) is 13.5. The molecule has 0 fully saturated rings. The van der Waals surface area contributed by atoms with Gasteiger partial charge in [0.05, 0.1) is 11.6 Å². The fourth-order valence-corrected chi connectivity index (χ4v) is 2.10. The normalized spacial score (nSPS) is 10.0. The topological polar surface area (TPSA) is 33.0 Å². The molecule has 0 bridgehead atoms. The van der Waals surface area contributed by atoms with E-state index in [9.17, 15) is 0 Å². The highest BCUT2D eigenvalue weighted by atomic mass is 35.5. The number of ether oxygens (including phenoxy) is 1. The number of rotatable bonds is 3. The van der Waals surface area contributed by atoms with Crippen LogP contribution in [0.25, 0.3) is 0 Å². The fourth-order valence-electron chi connectivity index (χ4n) is 1.85. The summed E-state index contributed by atoms with van der Waals surface area (Å²) in [5, 5.41) is 9.65. The molecule has 3 heteroatoms. The van der Waals surface area contributed by atoms with Gasteiger partial charge in [0.25, 0.3) is 0 Å². The molecule has 0 aliphatic carbocycles. The van der Waals surface area contributed by atoms with E-state index in [4.69, 9.17) is 21.6 Å². The summed E-state index contributed by atoms with van der Waals surface area (Å²) in [7, 11) is 0. The van der Waals surface area contributed by atoms with E-state index in [1.54, 1.807) is 12.1 Å². The Hall–Kier alpha value is -1.98. The van der Waals surface area contributed by atoms with Crippen molar-refractivity contribution < 1.29 is 4.74 Å². The monoisotopic (exact) mass is 271 g/mol. The summed E-state index contributed by atoms with van der Waals surface area (Å²) >= 11 is 6.07. The minimum Gasteiger partial charge on any atom is -0.457 e. The minimum atomic E-state index is 0.665. The van der Waals surface area contributed by atoms with Crippen LogP contribution in [0.1, 0.15) is 23.6 Å². The SMILES string of the molecule is CCc1cc(Oc2ccc(C#N)c(C)c2)ccc1Cl. The van der Waals surface area contributed by atoms with Gasteiger partial charge in [0.2, 0.25) is 0 Å². The molecule has 0 heterocycles. The predicted molar refractivity (Wildman–Crippen MR) is 76.8 cm³/mol. The number of aryl methyl sites for hydroxylation is 2. The van der Waals surface area contributed by atoms with Gasteiger partial charge in [-0.2, -0.15) is 5.26 Å². The van der Waals surface area contributed by atoms with Crippen LogP contribution in [0.3, 0.4) is 0 Å². The lowest BCUT2D eigenvalue weighted by Gasteiger charge is -2.09. The maximum absolute atomic E-state index is 8.89. The third-order valence-electron chi connectivity index (χ3n) is 2.95. The van der Waals surface area contributed by atoms with Crippen LogP contribution in [0.4, 0.5) is 0 Å². The Morgan fingerprint density at radius 1 is 1.16 bits per heavy atom. The zero-order valence-electron chi connectivity index (χ0n) is 10.9. The van der Waals surface area contributed by atoms with E-state index >= 15 is 0 Å². The van der Waals surface area contributed by atoms with E-state index in [0.717, 1.165) is 34.1 Å². The van der Waals surface area contributed by atoms with Crippen molar-refractivity contribution in [3.63, 3.8) is 0 Å².